The molecule has 0 unspecified atom stereocenters. The van der Waals surface area contributed by atoms with Crippen molar-refractivity contribution in [2.75, 3.05) is 33.3 Å². The second-order valence-electron chi connectivity index (χ2n) is 9.08. The number of nitrogens with zero attached hydrogens (tertiary/aromatic N) is 2. The minimum Gasteiger partial charge on any atom is -0.497 e. The van der Waals surface area contributed by atoms with Crippen LogP contribution >= 0.6 is 12.4 Å². The Morgan fingerprint density at radius 2 is 1.79 bits per heavy atom. The minimum absolute atomic E-state index is 0. The highest BCUT2D eigenvalue weighted by molar-refractivity contribution is 7.89. The summed E-state index contributed by atoms with van der Waals surface area (Å²) in [4.78, 5) is 5.24. The zero-order valence-corrected chi connectivity index (χ0v) is 22.0. The van der Waals surface area contributed by atoms with Crippen molar-refractivity contribution in [2.45, 2.75) is 50.6 Å². The molecule has 34 heavy (non-hydrogen) atoms. The van der Waals surface area contributed by atoms with Crippen molar-refractivity contribution >= 4 is 28.3 Å². The molecule has 1 fully saturated rings. The van der Waals surface area contributed by atoms with Gasteiger partial charge in [0.2, 0.25) is 10.0 Å². The van der Waals surface area contributed by atoms with Gasteiger partial charge in [0.1, 0.15) is 11.6 Å². The van der Waals surface area contributed by atoms with E-state index in [9.17, 15) is 8.42 Å². The lowest BCUT2D eigenvalue weighted by molar-refractivity contribution is 0.241. The van der Waals surface area contributed by atoms with Crippen LogP contribution in [0.4, 0.5) is 0 Å². The van der Waals surface area contributed by atoms with Gasteiger partial charge in [0.25, 0.3) is 0 Å². The van der Waals surface area contributed by atoms with Gasteiger partial charge in [0.05, 0.1) is 24.1 Å². The normalized spacial score (nSPS) is 18.2. The summed E-state index contributed by atoms with van der Waals surface area (Å²) in [5, 5.41) is 7.17. The third-order valence-electron chi connectivity index (χ3n) is 6.67. The van der Waals surface area contributed by atoms with E-state index in [-0.39, 0.29) is 17.9 Å². The molecular weight excluding hydrogens is 472 g/mol. The third-order valence-corrected chi connectivity index (χ3v) is 8.88. The van der Waals surface area contributed by atoms with Gasteiger partial charge in [0.15, 0.2) is 0 Å². The van der Waals surface area contributed by atoms with Crippen LogP contribution in [0, 0.1) is 20.8 Å². The quantitative estimate of drug-likeness (QED) is 0.649. The fourth-order valence-electron chi connectivity index (χ4n) is 5.12. The van der Waals surface area contributed by atoms with Crippen LogP contribution in [0.2, 0.25) is 0 Å². The first-order valence-electron chi connectivity index (χ1n) is 11.5. The third kappa shape index (κ3) is 5.25. The Morgan fingerprint density at radius 3 is 2.44 bits per heavy atom. The van der Waals surface area contributed by atoms with Gasteiger partial charge < -0.3 is 15.4 Å². The second kappa shape index (κ2) is 10.6. The summed E-state index contributed by atoms with van der Waals surface area (Å²) in [7, 11) is -1.88. The van der Waals surface area contributed by atoms with Crippen molar-refractivity contribution in [2.24, 2.45) is 4.99 Å². The molecular formula is C25H35ClN4O3S. The summed E-state index contributed by atoms with van der Waals surface area (Å²) in [6, 6.07) is 11.9. The van der Waals surface area contributed by atoms with E-state index in [1.165, 1.54) is 0 Å². The zero-order valence-electron chi connectivity index (χ0n) is 20.3. The fraction of sp³-hybridized carbons (Fsp3) is 0.480. The van der Waals surface area contributed by atoms with Gasteiger partial charge in [-0.1, -0.05) is 29.8 Å². The number of piperidine rings is 1. The van der Waals surface area contributed by atoms with E-state index in [1.54, 1.807) is 11.4 Å². The first-order valence-corrected chi connectivity index (χ1v) is 12.9. The van der Waals surface area contributed by atoms with Crippen LogP contribution < -0.4 is 15.4 Å². The molecule has 9 heteroatoms. The number of ether oxygens (including phenoxy) is 1. The molecule has 0 aliphatic carbocycles. The van der Waals surface area contributed by atoms with E-state index in [0.29, 0.717) is 43.9 Å². The summed E-state index contributed by atoms with van der Waals surface area (Å²) < 4.78 is 34.0. The average molecular weight is 507 g/mol. The van der Waals surface area contributed by atoms with Crippen molar-refractivity contribution in [1.82, 2.24) is 14.9 Å². The van der Waals surface area contributed by atoms with Crippen molar-refractivity contribution in [3.8, 4) is 5.75 Å². The summed E-state index contributed by atoms with van der Waals surface area (Å²) >= 11 is 0. The topological polar surface area (TPSA) is 83.0 Å². The van der Waals surface area contributed by atoms with Crippen LogP contribution in [0.1, 0.15) is 35.1 Å². The fourth-order valence-corrected chi connectivity index (χ4v) is 6.97. The molecule has 0 bridgehead atoms. The number of methoxy groups -OCH3 is 1. The van der Waals surface area contributed by atoms with Crippen molar-refractivity contribution in [3.05, 3.63) is 58.7 Å². The molecule has 2 aromatic rings. The highest BCUT2D eigenvalue weighted by Crippen LogP contribution is 2.31. The lowest BCUT2D eigenvalue weighted by atomic mass is 9.85. The Kier molecular flexibility index (Phi) is 8.29. The highest BCUT2D eigenvalue weighted by atomic mass is 35.5. The molecule has 2 N–H and O–H groups in total. The van der Waals surface area contributed by atoms with E-state index in [4.69, 9.17) is 9.73 Å². The summed E-state index contributed by atoms with van der Waals surface area (Å²) in [5.74, 6) is 1.75. The van der Waals surface area contributed by atoms with Crippen molar-refractivity contribution in [1.29, 1.82) is 0 Å². The standard InChI is InChI=1S/C25H34N4O3S.ClH/c1-18-14-19(2)23(20(3)15-18)33(30,31)29-12-8-25(9-13-29)24(26-10-11-28-25)27-17-21-6-5-7-22(16-21)32-4;/h5-7,14-16,28H,8-13,17H2,1-4H3,(H,26,27);1H. The Bertz CT molecular complexity index is 1140. The van der Waals surface area contributed by atoms with Gasteiger partial charge in [-0.05, 0) is 62.4 Å². The Labute approximate surface area is 209 Å². The van der Waals surface area contributed by atoms with Crippen LogP contribution in [0.5, 0.6) is 5.75 Å². The molecule has 0 atom stereocenters. The molecule has 0 amide bonds. The van der Waals surface area contributed by atoms with E-state index in [1.807, 2.05) is 51.1 Å². The van der Waals surface area contributed by atoms with E-state index < -0.39 is 10.0 Å². The van der Waals surface area contributed by atoms with E-state index in [0.717, 1.165) is 40.4 Å². The smallest absolute Gasteiger partial charge is 0.243 e. The molecule has 186 valence electrons. The molecule has 0 aromatic heterocycles. The minimum atomic E-state index is -3.54. The summed E-state index contributed by atoms with van der Waals surface area (Å²) in [6.45, 7) is 8.84. The van der Waals surface area contributed by atoms with Crippen LogP contribution in [-0.4, -0.2) is 57.4 Å². The van der Waals surface area contributed by atoms with Crippen LogP contribution in [0.3, 0.4) is 0 Å². The summed E-state index contributed by atoms with van der Waals surface area (Å²) in [5.41, 5.74) is 3.50. The molecule has 2 aromatic carbocycles. The highest BCUT2D eigenvalue weighted by Gasteiger charge is 2.43. The number of hydrogen-bond acceptors (Lipinski definition) is 6. The molecule has 1 spiro atoms. The maximum Gasteiger partial charge on any atom is 0.243 e. The molecule has 2 aliphatic heterocycles. The lowest BCUT2D eigenvalue weighted by Gasteiger charge is -2.44. The Hall–Kier alpha value is -2.13. The summed E-state index contributed by atoms with van der Waals surface area (Å²) in [6.07, 6.45) is 1.36. The Balaban J connectivity index is 0.00000324. The monoisotopic (exact) mass is 506 g/mol. The number of sulfonamides is 1. The first kappa shape index (κ1) is 26.5. The maximum atomic E-state index is 13.5. The largest absolute Gasteiger partial charge is 0.497 e. The number of aryl methyl sites for hydroxylation is 3. The van der Waals surface area contributed by atoms with Crippen molar-refractivity contribution < 1.29 is 13.2 Å². The number of benzene rings is 2. The van der Waals surface area contributed by atoms with Crippen molar-refractivity contribution in [3.63, 3.8) is 0 Å². The zero-order chi connectivity index (χ0) is 23.6. The predicted octanol–water partition coefficient (Wildman–Crippen LogP) is 3.36. The molecule has 2 aliphatic rings. The predicted molar refractivity (Wildman–Crippen MR) is 139 cm³/mol. The van der Waals surface area contributed by atoms with Gasteiger partial charge in [0, 0.05) is 26.2 Å². The number of hydrogen-bond donors (Lipinski definition) is 2. The molecule has 2 heterocycles. The van der Waals surface area contributed by atoms with Crippen LogP contribution in [-0.2, 0) is 16.6 Å². The van der Waals surface area contributed by atoms with Gasteiger partial charge in [-0.3, -0.25) is 4.99 Å². The SMILES string of the molecule is COc1cccc(CNC2=NCCNC23CCN(S(=O)(=O)c2c(C)cc(C)cc2C)CC3)c1.Cl. The van der Waals surface area contributed by atoms with Crippen LogP contribution in [0.25, 0.3) is 0 Å². The second-order valence-corrected chi connectivity index (χ2v) is 11.0. The maximum absolute atomic E-state index is 13.5. The first-order chi connectivity index (χ1) is 15.7. The van der Waals surface area contributed by atoms with Gasteiger partial charge in [-0.2, -0.15) is 4.31 Å². The number of nitrogens with one attached hydrogen (secondary N) is 2. The van der Waals surface area contributed by atoms with Gasteiger partial charge in [-0.25, -0.2) is 8.42 Å². The lowest BCUT2D eigenvalue weighted by Crippen LogP contribution is -2.64. The Morgan fingerprint density at radius 1 is 1.12 bits per heavy atom. The molecule has 1 saturated heterocycles. The molecule has 0 saturated carbocycles. The van der Waals surface area contributed by atoms with E-state index >= 15 is 0 Å². The van der Waals surface area contributed by atoms with Gasteiger partial charge in [-0.15, -0.1) is 12.4 Å². The van der Waals surface area contributed by atoms with E-state index in [2.05, 4.69) is 16.7 Å². The molecule has 0 radical (unpaired) electrons. The molecule has 4 rings (SSSR count). The van der Waals surface area contributed by atoms with Crippen LogP contribution in [0.15, 0.2) is 46.3 Å². The number of halogens is 1. The molecule has 7 nitrogen and oxygen atoms in total. The average Bonchev–Trinajstić information content (AvgIpc) is 2.78. The number of rotatable bonds is 5. The number of amidine groups is 1. The number of aliphatic imine (C=N–C) groups is 1. The van der Waals surface area contributed by atoms with Gasteiger partial charge >= 0.3 is 0 Å².